The Bertz CT molecular complexity index is 1270. The van der Waals surface area contributed by atoms with E-state index in [4.69, 9.17) is 0 Å². The highest BCUT2D eigenvalue weighted by molar-refractivity contribution is 7.88. The first-order valence-electron chi connectivity index (χ1n) is 11.5. The standard InChI is InChI=1S/C25H29FN4O2S/c1-33(31,32)30-10-7-21(8-11-30)29-24-14-20(12-19-6-9-27-16-22(19)24)18-4-5-23(26)25(13-18)28-15-17-2-3-17/h4-6,9,12-14,16-17,21,28-29H,2-3,7-8,10-11,15H2,1H3. The van der Waals surface area contributed by atoms with Gasteiger partial charge >= 0.3 is 0 Å². The van der Waals surface area contributed by atoms with Crippen molar-refractivity contribution in [3.05, 3.63) is 54.6 Å². The van der Waals surface area contributed by atoms with Crippen LogP contribution in [0.3, 0.4) is 0 Å². The molecular formula is C25H29FN4O2S. The molecule has 2 fully saturated rings. The zero-order valence-corrected chi connectivity index (χ0v) is 19.5. The van der Waals surface area contributed by atoms with Gasteiger partial charge in [-0.3, -0.25) is 4.98 Å². The molecule has 6 nitrogen and oxygen atoms in total. The van der Waals surface area contributed by atoms with Crippen LogP contribution in [0.15, 0.2) is 48.8 Å². The average molecular weight is 469 g/mol. The Labute approximate surface area is 194 Å². The smallest absolute Gasteiger partial charge is 0.211 e. The van der Waals surface area contributed by atoms with Crippen molar-refractivity contribution in [2.75, 3.05) is 36.5 Å². The zero-order valence-electron chi connectivity index (χ0n) is 18.7. The highest BCUT2D eigenvalue weighted by atomic mass is 32.2. The molecule has 1 saturated carbocycles. The molecule has 174 valence electrons. The maximum absolute atomic E-state index is 14.4. The van der Waals surface area contributed by atoms with Crippen molar-refractivity contribution in [1.29, 1.82) is 0 Å². The predicted molar refractivity (Wildman–Crippen MR) is 131 cm³/mol. The Morgan fingerprint density at radius 2 is 1.79 bits per heavy atom. The molecule has 2 aliphatic rings. The van der Waals surface area contributed by atoms with Crippen molar-refractivity contribution >= 4 is 32.2 Å². The summed E-state index contributed by atoms with van der Waals surface area (Å²) in [5.74, 6) is 0.423. The summed E-state index contributed by atoms with van der Waals surface area (Å²) >= 11 is 0. The van der Waals surface area contributed by atoms with Crippen LogP contribution in [0.2, 0.25) is 0 Å². The molecule has 0 atom stereocenters. The van der Waals surface area contributed by atoms with E-state index in [1.165, 1.54) is 29.5 Å². The van der Waals surface area contributed by atoms with Crippen LogP contribution in [0.5, 0.6) is 0 Å². The molecule has 1 aromatic heterocycles. The number of pyridine rings is 1. The summed E-state index contributed by atoms with van der Waals surface area (Å²) in [6, 6.07) is 11.6. The van der Waals surface area contributed by atoms with Crippen molar-refractivity contribution in [3.8, 4) is 11.1 Å². The lowest BCUT2D eigenvalue weighted by Crippen LogP contribution is -2.41. The fourth-order valence-corrected chi connectivity index (χ4v) is 5.33. The molecule has 0 unspecified atom stereocenters. The Balaban J connectivity index is 1.42. The SMILES string of the molecule is CS(=O)(=O)N1CCC(Nc2cc(-c3ccc(F)c(NCC4CC4)c3)cc3ccncc23)CC1. The van der Waals surface area contributed by atoms with Crippen LogP contribution in [0.1, 0.15) is 25.7 Å². The summed E-state index contributed by atoms with van der Waals surface area (Å²) in [5.41, 5.74) is 3.45. The molecule has 0 radical (unpaired) electrons. The summed E-state index contributed by atoms with van der Waals surface area (Å²) in [6.45, 7) is 1.84. The van der Waals surface area contributed by atoms with Crippen molar-refractivity contribution in [1.82, 2.24) is 9.29 Å². The van der Waals surface area contributed by atoms with Gasteiger partial charge in [0.15, 0.2) is 0 Å². The number of fused-ring (bicyclic) bond motifs is 1. The van der Waals surface area contributed by atoms with Crippen molar-refractivity contribution in [2.24, 2.45) is 5.92 Å². The van der Waals surface area contributed by atoms with Gasteiger partial charge in [0.2, 0.25) is 10.0 Å². The van der Waals surface area contributed by atoms with Crippen LogP contribution in [0.4, 0.5) is 15.8 Å². The minimum Gasteiger partial charge on any atom is -0.382 e. The molecule has 0 bridgehead atoms. The second-order valence-electron chi connectivity index (χ2n) is 9.22. The van der Waals surface area contributed by atoms with Gasteiger partial charge in [-0.2, -0.15) is 0 Å². The lowest BCUT2D eigenvalue weighted by atomic mass is 9.99. The number of anilines is 2. The van der Waals surface area contributed by atoms with Gasteiger partial charge in [0, 0.05) is 49.1 Å². The summed E-state index contributed by atoms with van der Waals surface area (Å²) in [7, 11) is -3.15. The van der Waals surface area contributed by atoms with Crippen LogP contribution in [0, 0.1) is 11.7 Å². The predicted octanol–water partition coefficient (Wildman–Crippen LogP) is 4.70. The van der Waals surface area contributed by atoms with E-state index in [1.54, 1.807) is 6.20 Å². The Morgan fingerprint density at radius 1 is 1.03 bits per heavy atom. The van der Waals surface area contributed by atoms with E-state index in [1.807, 2.05) is 24.4 Å². The van der Waals surface area contributed by atoms with Gasteiger partial charge < -0.3 is 10.6 Å². The molecule has 2 N–H and O–H groups in total. The number of rotatable bonds is 7. The second-order valence-corrected chi connectivity index (χ2v) is 11.2. The van der Waals surface area contributed by atoms with Gasteiger partial charge in [0.05, 0.1) is 11.9 Å². The summed E-state index contributed by atoms with van der Waals surface area (Å²) in [5, 5.41) is 8.96. The third kappa shape index (κ3) is 5.12. The van der Waals surface area contributed by atoms with Crippen molar-refractivity contribution in [2.45, 2.75) is 31.7 Å². The van der Waals surface area contributed by atoms with Crippen LogP contribution < -0.4 is 10.6 Å². The van der Waals surface area contributed by atoms with Crippen LogP contribution in [0.25, 0.3) is 21.9 Å². The highest BCUT2D eigenvalue weighted by Gasteiger charge is 2.25. The molecule has 0 spiro atoms. The number of halogens is 1. The molecule has 2 heterocycles. The van der Waals surface area contributed by atoms with E-state index in [0.29, 0.717) is 24.7 Å². The van der Waals surface area contributed by atoms with Gasteiger partial charge in [0.25, 0.3) is 0 Å². The number of benzene rings is 2. The number of piperidine rings is 1. The third-order valence-corrected chi connectivity index (χ3v) is 7.92. The Kier molecular flexibility index (Phi) is 5.97. The average Bonchev–Trinajstić information content (AvgIpc) is 3.63. The molecule has 3 aromatic rings. The minimum absolute atomic E-state index is 0.172. The summed E-state index contributed by atoms with van der Waals surface area (Å²) in [6.07, 6.45) is 8.79. The summed E-state index contributed by atoms with van der Waals surface area (Å²) in [4.78, 5) is 4.30. The molecule has 2 aromatic carbocycles. The minimum atomic E-state index is -3.15. The lowest BCUT2D eigenvalue weighted by Gasteiger charge is -2.31. The van der Waals surface area contributed by atoms with Gasteiger partial charge in [-0.15, -0.1) is 0 Å². The van der Waals surface area contributed by atoms with E-state index >= 15 is 0 Å². The summed E-state index contributed by atoms with van der Waals surface area (Å²) < 4.78 is 39.6. The normalized spacial score (nSPS) is 17.9. The van der Waals surface area contributed by atoms with Crippen molar-refractivity contribution < 1.29 is 12.8 Å². The molecule has 5 rings (SSSR count). The first-order valence-corrected chi connectivity index (χ1v) is 13.3. The molecule has 1 saturated heterocycles. The first kappa shape index (κ1) is 22.1. The third-order valence-electron chi connectivity index (χ3n) is 6.62. The second kappa shape index (κ2) is 8.91. The van der Waals surface area contributed by atoms with Crippen LogP contribution in [-0.4, -0.2) is 49.6 Å². The first-order chi connectivity index (χ1) is 15.9. The van der Waals surface area contributed by atoms with Crippen molar-refractivity contribution in [3.63, 3.8) is 0 Å². The molecule has 1 aliphatic carbocycles. The molecular weight excluding hydrogens is 439 g/mol. The molecule has 8 heteroatoms. The van der Waals surface area contributed by atoms with Gasteiger partial charge in [0.1, 0.15) is 5.82 Å². The Morgan fingerprint density at radius 3 is 2.52 bits per heavy atom. The molecule has 33 heavy (non-hydrogen) atoms. The monoisotopic (exact) mass is 468 g/mol. The zero-order chi connectivity index (χ0) is 23.0. The van der Waals surface area contributed by atoms with E-state index in [9.17, 15) is 12.8 Å². The van der Waals surface area contributed by atoms with E-state index < -0.39 is 10.0 Å². The number of nitrogens with one attached hydrogen (secondary N) is 2. The number of nitrogens with zero attached hydrogens (tertiary/aromatic N) is 2. The highest BCUT2D eigenvalue weighted by Crippen LogP contribution is 2.34. The van der Waals surface area contributed by atoms with E-state index in [0.717, 1.165) is 47.0 Å². The van der Waals surface area contributed by atoms with Gasteiger partial charge in [-0.25, -0.2) is 17.1 Å². The number of hydrogen-bond donors (Lipinski definition) is 2. The maximum Gasteiger partial charge on any atom is 0.211 e. The quantitative estimate of drug-likeness (QED) is 0.526. The number of hydrogen-bond acceptors (Lipinski definition) is 5. The Hall–Kier alpha value is -2.71. The van der Waals surface area contributed by atoms with Gasteiger partial charge in [-0.05, 0) is 78.4 Å². The molecule has 0 amide bonds. The van der Waals surface area contributed by atoms with E-state index in [2.05, 4.69) is 27.8 Å². The van der Waals surface area contributed by atoms with Crippen LogP contribution in [-0.2, 0) is 10.0 Å². The van der Waals surface area contributed by atoms with Crippen LogP contribution >= 0.6 is 0 Å². The fourth-order valence-electron chi connectivity index (χ4n) is 4.45. The fraction of sp³-hybridized carbons (Fsp3) is 0.400. The topological polar surface area (TPSA) is 74.3 Å². The largest absolute Gasteiger partial charge is 0.382 e. The van der Waals surface area contributed by atoms with E-state index in [-0.39, 0.29) is 11.9 Å². The van der Waals surface area contributed by atoms with Gasteiger partial charge in [-0.1, -0.05) is 6.07 Å². The number of sulfonamides is 1. The lowest BCUT2D eigenvalue weighted by molar-refractivity contribution is 0.332. The molecule has 1 aliphatic heterocycles. The number of aromatic nitrogens is 1. The maximum atomic E-state index is 14.4.